The van der Waals surface area contributed by atoms with Crippen molar-refractivity contribution in [3.63, 3.8) is 0 Å². The Hall–Kier alpha value is -2.84. The summed E-state index contributed by atoms with van der Waals surface area (Å²) in [4.78, 5) is 37.0. The molecule has 1 atom stereocenters. The highest BCUT2D eigenvalue weighted by Gasteiger charge is 2.26. The van der Waals surface area contributed by atoms with Gasteiger partial charge < -0.3 is 15.0 Å². The molecule has 2 aliphatic rings. The first kappa shape index (κ1) is 20.4. The third-order valence-corrected chi connectivity index (χ3v) is 5.64. The molecule has 2 aromatic rings. The minimum absolute atomic E-state index is 0.145. The van der Waals surface area contributed by atoms with E-state index in [1.54, 1.807) is 25.5 Å². The number of nitrogens with one attached hydrogen (secondary N) is 1. The molecule has 4 heterocycles. The Kier molecular flexibility index (Phi) is 6.35. The van der Waals surface area contributed by atoms with Crippen molar-refractivity contribution in [2.75, 3.05) is 46.4 Å². The Morgan fingerprint density at radius 2 is 1.80 bits per heavy atom. The molecule has 2 fully saturated rings. The summed E-state index contributed by atoms with van der Waals surface area (Å²) < 4.78 is 5.92. The molecule has 8 nitrogen and oxygen atoms in total. The number of pyridine rings is 2. The molecule has 1 N–H and O–H groups in total. The molecule has 0 spiro atoms. The SMILES string of the molecule is CNC(=O)c1ccc(-c2ccc([C@@H]3CN(CC(=O)N4CCCC4)CCO3)nc2)cn1. The van der Waals surface area contributed by atoms with Crippen LogP contribution < -0.4 is 5.32 Å². The topological polar surface area (TPSA) is 87.7 Å². The Morgan fingerprint density at radius 3 is 2.43 bits per heavy atom. The van der Waals surface area contributed by atoms with Gasteiger partial charge in [-0.3, -0.25) is 24.5 Å². The van der Waals surface area contributed by atoms with E-state index in [0.29, 0.717) is 25.4 Å². The molecule has 0 aliphatic carbocycles. The lowest BCUT2D eigenvalue weighted by atomic mass is 10.1. The second-order valence-corrected chi connectivity index (χ2v) is 7.67. The van der Waals surface area contributed by atoms with E-state index in [0.717, 1.165) is 49.3 Å². The maximum Gasteiger partial charge on any atom is 0.269 e. The predicted molar refractivity (Wildman–Crippen MR) is 112 cm³/mol. The molecular weight excluding hydrogens is 382 g/mol. The van der Waals surface area contributed by atoms with Crippen molar-refractivity contribution in [3.8, 4) is 11.1 Å². The number of carbonyl (C=O) groups excluding carboxylic acids is 2. The molecule has 8 heteroatoms. The number of nitrogens with zero attached hydrogens (tertiary/aromatic N) is 4. The van der Waals surface area contributed by atoms with E-state index in [-0.39, 0.29) is 17.9 Å². The Bertz CT molecular complexity index is 879. The van der Waals surface area contributed by atoms with Gasteiger partial charge in [0.1, 0.15) is 11.8 Å². The maximum atomic E-state index is 12.4. The lowest BCUT2D eigenvalue weighted by Gasteiger charge is -2.33. The standard InChI is InChI=1S/C22H27N5O3/c1-23-22(29)19-7-5-17(13-25-19)16-4-6-18(24-12-16)20-14-26(10-11-30-20)15-21(28)27-8-2-3-9-27/h4-7,12-13,20H,2-3,8-11,14-15H2,1H3,(H,23,29)/t20-/m0/s1. The average molecular weight is 409 g/mol. The zero-order valence-electron chi connectivity index (χ0n) is 17.2. The van der Waals surface area contributed by atoms with E-state index in [1.165, 1.54) is 0 Å². The molecule has 0 aromatic carbocycles. The summed E-state index contributed by atoms with van der Waals surface area (Å²) in [6, 6.07) is 7.49. The molecule has 158 valence electrons. The van der Waals surface area contributed by atoms with E-state index < -0.39 is 0 Å². The molecule has 2 saturated heterocycles. The van der Waals surface area contributed by atoms with Crippen LogP contribution in [0.25, 0.3) is 11.1 Å². The molecular formula is C22H27N5O3. The predicted octanol–water partition coefficient (Wildman–Crippen LogP) is 1.50. The van der Waals surface area contributed by atoms with Crippen LogP contribution in [-0.2, 0) is 9.53 Å². The zero-order valence-corrected chi connectivity index (χ0v) is 17.2. The highest BCUT2D eigenvalue weighted by atomic mass is 16.5. The molecule has 2 amide bonds. The van der Waals surface area contributed by atoms with Crippen LogP contribution in [0, 0.1) is 0 Å². The highest BCUT2D eigenvalue weighted by molar-refractivity contribution is 5.92. The van der Waals surface area contributed by atoms with Gasteiger partial charge in [-0.2, -0.15) is 0 Å². The van der Waals surface area contributed by atoms with Gasteiger partial charge in [-0.15, -0.1) is 0 Å². The van der Waals surface area contributed by atoms with Gasteiger partial charge in [0.25, 0.3) is 5.91 Å². The van der Waals surface area contributed by atoms with Crippen LogP contribution in [0.5, 0.6) is 0 Å². The average Bonchev–Trinajstić information content (AvgIpc) is 3.34. The summed E-state index contributed by atoms with van der Waals surface area (Å²) in [6.45, 7) is 4.22. The van der Waals surface area contributed by atoms with Crippen molar-refractivity contribution in [2.45, 2.75) is 18.9 Å². The van der Waals surface area contributed by atoms with Crippen molar-refractivity contribution in [2.24, 2.45) is 0 Å². The number of rotatable bonds is 5. The third kappa shape index (κ3) is 4.66. The van der Waals surface area contributed by atoms with Gasteiger partial charge in [-0.1, -0.05) is 12.1 Å². The van der Waals surface area contributed by atoms with Crippen LogP contribution >= 0.6 is 0 Å². The Morgan fingerprint density at radius 1 is 1.07 bits per heavy atom. The Labute approximate surface area is 176 Å². The molecule has 4 rings (SSSR count). The third-order valence-electron chi connectivity index (χ3n) is 5.64. The maximum absolute atomic E-state index is 12.4. The minimum atomic E-state index is -0.211. The summed E-state index contributed by atoms with van der Waals surface area (Å²) in [5.41, 5.74) is 3.05. The van der Waals surface area contributed by atoms with Crippen molar-refractivity contribution >= 4 is 11.8 Å². The van der Waals surface area contributed by atoms with Crippen molar-refractivity contribution in [1.82, 2.24) is 25.1 Å². The van der Waals surface area contributed by atoms with Crippen LogP contribution in [0.2, 0.25) is 0 Å². The van der Waals surface area contributed by atoms with Crippen LogP contribution in [0.3, 0.4) is 0 Å². The van der Waals surface area contributed by atoms with Gasteiger partial charge in [-0.25, -0.2) is 0 Å². The second-order valence-electron chi connectivity index (χ2n) is 7.67. The van der Waals surface area contributed by atoms with Gasteiger partial charge >= 0.3 is 0 Å². The number of hydrogen-bond donors (Lipinski definition) is 1. The molecule has 30 heavy (non-hydrogen) atoms. The van der Waals surface area contributed by atoms with E-state index in [1.807, 2.05) is 23.1 Å². The normalized spacial score (nSPS) is 19.6. The number of likely N-dealkylation sites (tertiary alicyclic amines) is 1. The van der Waals surface area contributed by atoms with Crippen molar-refractivity contribution < 1.29 is 14.3 Å². The summed E-state index contributed by atoms with van der Waals surface area (Å²) in [5.74, 6) is 0.00129. The van der Waals surface area contributed by atoms with E-state index in [9.17, 15) is 9.59 Å². The lowest BCUT2D eigenvalue weighted by Crippen LogP contribution is -2.45. The van der Waals surface area contributed by atoms with Gasteiger partial charge in [0.15, 0.2) is 0 Å². The quantitative estimate of drug-likeness (QED) is 0.805. The molecule has 0 unspecified atom stereocenters. The van der Waals surface area contributed by atoms with Gasteiger partial charge in [0, 0.05) is 56.7 Å². The number of carbonyl (C=O) groups is 2. The summed E-state index contributed by atoms with van der Waals surface area (Å²) in [7, 11) is 1.58. The monoisotopic (exact) mass is 409 g/mol. The van der Waals surface area contributed by atoms with Crippen LogP contribution in [0.15, 0.2) is 36.7 Å². The first-order valence-corrected chi connectivity index (χ1v) is 10.4. The minimum Gasteiger partial charge on any atom is -0.369 e. The lowest BCUT2D eigenvalue weighted by molar-refractivity contribution is -0.133. The van der Waals surface area contributed by atoms with Gasteiger partial charge in [0.05, 0.1) is 18.8 Å². The zero-order chi connectivity index (χ0) is 20.9. The molecule has 0 radical (unpaired) electrons. The second kappa shape index (κ2) is 9.32. The fourth-order valence-electron chi connectivity index (χ4n) is 3.88. The van der Waals surface area contributed by atoms with Crippen molar-refractivity contribution in [1.29, 1.82) is 0 Å². The van der Waals surface area contributed by atoms with Gasteiger partial charge in [0.2, 0.25) is 5.91 Å². The smallest absolute Gasteiger partial charge is 0.269 e. The largest absolute Gasteiger partial charge is 0.369 e. The summed E-state index contributed by atoms with van der Waals surface area (Å²) >= 11 is 0. The molecule has 2 aliphatic heterocycles. The van der Waals surface area contributed by atoms with E-state index in [4.69, 9.17) is 4.74 Å². The van der Waals surface area contributed by atoms with Crippen LogP contribution in [0.4, 0.5) is 0 Å². The van der Waals surface area contributed by atoms with Crippen molar-refractivity contribution in [3.05, 3.63) is 48.0 Å². The number of amides is 2. The van der Waals surface area contributed by atoms with Gasteiger partial charge in [-0.05, 0) is 25.0 Å². The first-order chi connectivity index (χ1) is 14.6. The number of ether oxygens (including phenoxy) is 1. The molecule has 0 saturated carbocycles. The number of morpholine rings is 1. The van der Waals surface area contributed by atoms with Crippen LogP contribution in [0.1, 0.15) is 35.1 Å². The first-order valence-electron chi connectivity index (χ1n) is 10.4. The highest BCUT2D eigenvalue weighted by Crippen LogP contribution is 2.24. The Balaban J connectivity index is 1.38. The van der Waals surface area contributed by atoms with E-state index >= 15 is 0 Å². The fraction of sp³-hybridized carbons (Fsp3) is 0.455. The number of hydrogen-bond acceptors (Lipinski definition) is 6. The molecule has 0 bridgehead atoms. The fourth-order valence-corrected chi connectivity index (χ4v) is 3.88. The molecule has 2 aromatic heterocycles. The summed E-state index contributed by atoms with van der Waals surface area (Å²) in [5, 5.41) is 2.56. The summed E-state index contributed by atoms with van der Waals surface area (Å²) in [6.07, 6.45) is 5.54. The van der Waals surface area contributed by atoms with Crippen LogP contribution in [-0.4, -0.2) is 78.0 Å². The number of aromatic nitrogens is 2. The van der Waals surface area contributed by atoms with E-state index in [2.05, 4.69) is 20.2 Å².